The highest BCUT2D eigenvalue weighted by atomic mass is 16.5. The van der Waals surface area contributed by atoms with Gasteiger partial charge in [0.15, 0.2) is 0 Å². The second-order valence-electron chi connectivity index (χ2n) is 4.75. The molecule has 2 aromatic heterocycles. The molecular formula is C17H16N2O2. The number of ether oxygens (including phenoxy) is 1. The van der Waals surface area contributed by atoms with Gasteiger partial charge in [0.05, 0.1) is 12.8 Å². The van der Waals surface area contributed by atoms with E-state index in [0.29, 0.717) is 11.3 Å². The molecule has 4 heteroatoms. The minimum atomic E-state index is -0.0202. The van der Waals surface area contributed by atoms with Crippen molar-refractivity contribution >= 4 is 11.4 Å². The van der Waals surface area contributed by atoms with Gasteiger partial charge in [-0.1, -0.05) is 13.0 Å². The van der Waals surface area contributed by atoms with Gasteiger partial charge in [-0.2, -0.15) is 0 Å². The number of rotatable bonds is 4. The Balaban J connectivity index is 2.11. The average Bonchev–Trinajstić information content (AvgIpc) is 2.92. The van der Waals surface area contributed by atoms with E-state index in [9.17, 15) is 4.79 Å². The molecule has 0 aliphatic rings. The molecule has 0 unspecified atom stereocenters. The molecule has 0 N–H and O–H groups in total. The normalized spacial score (nSPS) is 10.8. The third kappa shape index (κ3) is 2.29. The van der Waals surface area contributed by atoms with Gasteiger partial charge in [-0.3, -0.25) is 9.20 Å². The van der Waals surface area contributed by atoms with Crippen LogP contribution >= 0.6 is 0 Å². The summed E-state index contributed by atoms with van der Waals surface area (Å²) in [6.45, 7) is 2.01. The minimum absolute atomic E-state index is 0.0202. The summed E-state index contributed by atoms with van der Waals surface area (Å²) in [6, 6.07) is 12.9. The molecule has 2 heterocycles. The quantitative estimate of drug-likeness (QED) is 0.690. The van der Waals surface area contributed by atoms with Gasteiger partial charge in [0.25, 0.3) is 0 Å². The Bertz CT molecular complexity index is 788. The van der Waals surface area contributed by atoms with E-state index < -0.39 is 0 Å². The zero-order valence-corrected chi connectivity index (χ0v) is 12.0. The van der Waals surface area contributed by atoms with Gasteiger partial charge >= 0.3 is 0 Å². The first-order valence-electron chi connectivity index (χ1n) is 6.89. The molecule has 1 aromatic carbocycles. The number of carbonyl (C=O) groups is 1. The van der Waals surface area contributed by atoms with Crippen molar-refractivity contribution < 1.29 is 9.53 Å². The molecule has 0 fully saturated rings. The Kier molecular flexibility index (Phi) is 3.44. The lowest BCUT2D eigenvalue weighted by atomic mass is 10.1. The van der Waals surface area contributed by atoms with E-state index in [1.165, 1.54) is 0 Å². The van der Waals surface area contributed by atoms with Crippen molar-refractivity contribution in [1.29, 1.82) is 0 Å². The first kappa shape index (κ1) is 13.4. The van der Waals surface area contributed by atoms with E-state index >= 15 is 0 Å². The molecule has 0 spiro atoms. The third-order valence-corrected chi connectivity index (χ3v) is 3.50. The molecule has 0 bridgehead atoms. The van der Waals surface area contributed by atoms with Gasteiger partial charge in [0.2, 0.25) is 5.78 Å². The summed E-state index contributed by atoms with van der Waals surface area (Å²) in [5, 5.41) is 0. The van der Waals surface area contributed by atoms with Crippen molar-refractivity contribution in [2.75, 3.05) is 7.11 Å². The maximum Gasteiger partial charge on any atom is 0.211 e. The first-order chi connectivity index (χ1) is 10.2. The number of hydrogen-bond acceptors (Lipinski definition) is 3. The molecule has 0 aliphatic carbocycles. The van der Waals surface area contributed by atoms with Crippen LogP contribution in [0, 0.1) is 0 Å². The van der Waals surface area contributed by atoms with Crippen molar-refractivity contribution in [3.05, 3.63) is 65.6 Å². The summed E-state index contributed by atoms with van der Waals surface area (Å²) in [5.41, 5.74) is 2.89. The Morgan fingerprint density at radius 1 is 1.19 bits per heavy atom. The molecule has 0 saturated carbocycles. The third-order valence-electron chi connectivity index (χ3n) is 3.50. The van der Waals surface area contributed by atoms with Gasteiger partial charge in [-0.05, 0) is 42.8 Å². The highest BCUT2D eigenvalue weighted by molar-refractivity contribution is 6.09. The first-order valence-corrected chi connectivity index (χ1v) is 6.89. The fourth-order valence-corrected chi connectivity index (χ4v) is 2.41. The molecule has 21 heavy (non-hydrogen) atoms. The van der Waals surface area contributed by atoms with Crippen LogP contribution in [0.1, 0.15) is 28.7 Å². The van der Waals surface area contributed by atoms with Gasteiger partial charge < -0.3 is 4.74 Å². The van der Waals surface area contributed by atoms with E-state index in [2.05, 4.69) is 4.98 Å². The van der Waals surface area contributed by atoms with Crippen LogP contribution in [0.2, 0.25) is 0 Å². The number of imidazole rings is 1. The summed E-state index contributed by atoms with van der Waals surface area (Å²) < 4.78 is 6.98. The fourth-order valence-electron chi connectivity index (χ4n) is 2.41. The SMILES string of the molecule is CCc1nc2ccccn2c1C(=O)c1ccc(OC)cc1. The van der Waals surface area contributed by atoms with Crippen LogP contribution in [-0.4, -0.2) is 22.3 Å². The second-order valence-corrected chi connectivity index (χ2v) is 4.75. The van der Waals surface area contributed by atoms with E-state index in [1.54, 1.807) is 31.4 Å². The summed E-state index contributed by atoms with van der Waals surface area (Å²) in [5.74, 6) is 0.716. The van der Waals surface area contributed by atoms with Crippen LogP contribution in [0.3, 0.4) is 0 Å². The average molecular weight is 280 g/mol. The number of aromatic nitrogens is 2. The maximum atomic E-state index is 12.8. The predicted octanol–water partition coefficient (Wildman–Crippen LogP) is 3.14. The second kappa shape index (κ2) is 5.40. The minimum Gasteiger partial charge on any atom is -0.497 e. The molecule has 0 saturated heterocycles. The van der Waals surface area contributed by atoms with Crippen molar-refractivity contribution in [3.63, 3.8) is 0 Å². The van der Waals surface area contributed by atoms with Crippen LogP contribution in [-0.2, 0) is 6.42 Å². The van der Waals surface area contributed by atoms with Crippen LogP contribution < -0.4 is 4.74 Å². The number of fused-ring (bicyclic) bond motifs is 1. The topological polar surface area (TPSA) is 43.6 Å². The highest BCUT2D eigenvalue weighted by Gasteiger charge is 2.19. The molecule has 0 aliphatic heterocycles. The molecule has 4 nitrogen and oxygen atoms in total. The van der Waals surface area contributed by atoms with Crippen molar-refractivity contribution in [2.45, 2.75) is 13.3 Å². The zero-order valence-electron chi connectivity index (χ0n) is 12.0. The van der Waals surface area contributed by atoms with E-state index in [4.69, 9.17) is 4.74 Å². The highest BCUT2D eigenvalue weighted by Crippen LogP contribution is 2.19. The Morgan fingerprint density at radius 2 is 1.95 bits per heavy atom. The summed E-state index contributed by atoms with van der Waals surface area (Å²) in [4.78, 5) is 17.3. The van der Waals surface area contributed by atoms with Gasteiger partial charge in [0.1, 0.15) is 17.1 Å². The molecule has 0 atom stereocenters. The number of aryl methyl sites for hydroxylation is 1. The van der Waals surface area contributed by atoms with Crippen LogP contribution in [0.25, 0.3) is 5.65 Å². The Hall–Kier alpha value is -2.62. The summed E-state index contributed by atoms with van der Waals surface area (Å²) >= 11 is 0. The number of pyridine rings is 1. The molecule has 3 aromatic rings. The number of hydrogen-bond donors (Lipinski definition) is 0. The van der Waals surface area contributed by atoms with Crippen LogP contribution in [0.15, 0.2) is 48.7 Å². The largest absolute Gasteiger partial charge is 0.497 e. The molecule has 106 valence electrons. The fraction of sp³-hybridized carbons (Fsp3) is 0.176. The van der Waals surface area contributed by atoms with Crippen molar-refractivity contribution in [2.24, 2.45) is 0 Å². The summed E-state index contributed by atoms with van der Waals surface area (Å²) in [7, 11) is 1.61. The smallest absolute Gasteiger partial charge is 0.211 e. The number of nitrogens with zero attached hydrogens (tertiary/aromatic N) is 2. The Labute approximate surface area is 123 Å². The Morgan fingerprint density at radius 3 is 2.62 bits per heavy atom. The van der Waals surface area contributed by atoms with Crippen molar-refractivity contribution in [1.82, 2.24) is 9.38 Å². The van der Waals surface area contributed by atoms with Crippen molar-refractivity contribution in [3.8, 4) is 5.75 Å². The van der Waals surface area contributed by atoms with E-state index in [0.717, 1.165) is 23.5 Å². The monoisotopic (exact) mass is 280 g/mol. The number of carbonyl (C=O) groups excluding carboxylic acids is 1. The van der Waals surface area contributed by atoms with Gasteiger partial charge in [-0.25, -0.2) is 4.98 Å². The number of ketones is 1. The maximum absolute atomic E-state index is 12.8. The lowest BCUT2D eigenvalue weighted by Gasteiger charge is -2.05. The lowest BCUT2D eigenvalue weighted by molar-refractivity contribution is 0.103. The van der Waals surface area contributed by atoms with Gasteiger partial charge in [0, 0.05) is 11.8 Å². The number of methoxy groups -OCH3 is 1. The molecule has 0 radical (unpaired) electrons. The zero-order chi connectivity index (χ0) is 14.8. The standard InChI is InChI=1S/C17H16N2O2/c1-3-14-16(19-11-5-4-6-15(19)18-14)17(20)12-7-9-13(21-2)10-8-12/h4-11H,3H2,1-2H3. The molecular weight excluding hydrogens is 264 g/mol. The van der Waals surface area contributed by atoms with E-state index in [-0.39, 0.29) is 5.78 Å². The van der Waals surface area contributed by atoms with E-state index in [1.807, 2.05) is 35.7 Å². The van der Waals surface area contributed by atoms with Gasteiger partial charge in [-0.15, -0.1) is 0 Å². The lowest BCUT2D eigenvalue weighted by Crippen LogP contribution is -2.08. The van der Waals surface area contributed by atoms with Crippen LogP contribution in [0.4, 0.5) is 0 Å². The molecule has 3 rings (SSSR count). The molecule has 0 amide bonds. The summed E-state index contributed by atoms with van der Waals surface area (Å²) in [6.07, 6.45) is 2.59. The number of benzene rings is 1. The predicted molar refractivity (Wildman–Crippen MR) is 81.0 cm³/mol. The van der Waals surface area contributed by atoms with Crippen LogP contribution in [0.5, 0.6) is 5.75 Å².